The highest BCUT2D eigenvalue weighted by Crippen LogP contribution is 2.30. The third kappa shape index (κ3) is 3.98. The minimum absolute atomic E-state index is 0.395. The second-order valence-electron chi connectivity index (χ2n) is 6.89. The molecule has 1 N–H and O–H groups in total. The summed E-state index contributed by atoms with van der Waals surface area (Å²) in [6, 6.07) is 0.681. The quantitative estimate of drug-likeness (QED) is 0.714. The first-order valence-corrected chi connectivity index (χ1v) is 9.05. The second kappa shape index (κ2) is 8.38. The summed E-state index contributed by atoms with van der Waals surface area (Å²) in [5.74, 6) is 1.65. The summed E-state index contributed by atoms with van der Waals surface area (Å²) < 4.78 is 0. The molecule has 0 spiro atoms. The summed E-state index contributed by atoms with van der Waals surface area (Å²) in [7, 11) is 0. The van der Waals surface area contributed by atoms with Gasteiger partial charge >= 0.3 is 0 Å². The van der Waals surface area contributed by atoms with E-state index in [1.807, 2.05) is 0 Å². The Kier molecular flexibility index (Phi) is 7.53. The van der Waals surface area contributed by atoms with Crippen molar-refractivity contribution >= 4 is 0 Å². The van der Waals surface area contributed by atoms with Crippen LogP contribution in [0.15, 0.2) is 0 Å². The van der Waals surface area contributed by atoms with Gasteiger partial charge in [-0.15, -0.1) is 0 Å². The molecule has 1 aliphatic rings. The summed E-state index contributed by atoms with van der Waals surface area (Å²) in [5, 5.41) is 3.86. The van der Waals surface area contributed by atoms with Crippen LogP contribution in [0.4, 0.5) is 0 Å². The molecule has 120 valence electrons. The van der Waals surface area contributed by atoms with Crippen molar-refractivity contribution in [1.29, 1.82) is 0 Å². The molecule has 2 atom stereocenters. The highest BCUT2D eigenvalue weighted by Gasteiger charge is 2.40. The zero-order chi connectivity index (χ0) is 15.2. The predicted octanol–water partition coefficient (Wildman–Crippen LogP) is 4.30. The van der Waals surface area contributed by atoms with E-state index in [-0.39, 0.29) is 0 Å². The maximum atomic E-state index is 3.86. The fraction of sp³-hybridized carbons (Fsp3) is 1.00. The van der Waals surface area contributed by atoms with E-state index < -0.39 is 0 Å². The van der Waals surface area contributed by atoms with Crippen molar-refractivity contribution < 1.29 is 0 Å². The van der Waals surface area contributed by atoms with Gasteiger partial charge in [0.2, 0.25) is 0 Å². The monoisotopic (exact) mass is 282 g/mol. The standard InChI is InChI=1S/C18H38N2/c1-7-15(6)17-13-20(12-16(8-2)9-3)18(10-4,11-5)14-19-17/h15-17,19H,7-14H2,1-6H3. The highest BCUT2D eigenvalue weighted by atomic mass is 15.3. The number of hydrogen-bond donors (Lipinski definition) is 1. The molecule has 0 aromatic heterocycles. The van der Waals surface area contributed by atoms with Crippen molar-refractivity contribution in [3.8, 4) is 0 Å². The number of nitrogens with one attached hydrogen (secondary N) is 1. The average Bonchev–Trinajstić information content (AvgIpc) is 2.51. The van der Waals surface area contributed by atoms with Crippen LogP contribution in [0.5, 0.6) is 0 Å². The molecule has 2 heteroatoms. The molecule has 1 saturated heterocycles. The molecule has 0 aliphatic carbocycles. The maximum absolute atomic E-state index is 3.86. The molecule has 1 fully saturated rings. The van der Waals surface area contributed by atoms with Gasteiger partial charge in [0.1, 0.15) is 0 Å². The molecular formula is C18H38N2. The molecule has 0 saturated carbocycles. The summed E-state index contributed by atoms with van der Waals surface area (Å²) in [4.78, 5) is 2.85. The van der Waals surface area contributed by atoms with Crippen LogP contribution in [-0.2, 0) is 0 Å². The number of hydrogen-bond acceptors (Lipinski definition) is 2. The van der Waals surface area contributed by atoms with E-state index in [2.05, 4.69) is 51.8 Å². The third-order valence-electron chi connectivity index (χ3n) is 6.06. The highest BCUT2D eigenvalue weighted by molar-refractivity contribution is 4.98. The summed E-state index contributed by atoms with van der Waals surface area (Å²) in [6.07, 6.45) is 6.45. The number of nitrogens with zero attached hydrogens (tertiary/aromatic N) is 1. The first-order chi connectivity index (χ1) is 9.56. The molecule has 0 aromatic carbocycles. The van der Waals surface area contributed by atoms with Crippen LogP contribution in [0.3, 0.4) is 0 Å². The van der Waals surface area contributed by atoms with Gasteiger partial charge in [0.05, 0.1) is 0 Å². The second-order valence-corrected chi connectivity index (χ2v) is 6.89. The van der Waals surface area contributed by atoms with E-state index in [0.717, 1.165) is 11.8 Å². The van der Waals surface area contributed by atoms with E-state index in [1.54, 1.807) is 0 Å². The average molecular weight is 283 g/mol. The molecule has 2 nitrogen and oxygen atoms in total. The van der Waals surface area contributed by atoms with Gasteiger partial charge in [-0.3, -0.25) is 4.90 Å². The summed E-state index contributed by atoms with van der Waals surface area (Å²) >= 11 is 0. The Bertz CT molecular complexity index is 256. The fourth-order valence-corrected chi connectivity index (χ4v) is 3.67. The van der Waals surface area contributed by atoms with E-state index in [1.165, 1.54) is 51.7 Å². The molecule has 1 rings (SSSR count). The molecule has 0 radical (unpaired) electrons. The lowest BCUT2D eigenvalue weighted by Gasteiger charge is -2.52. The van der Waals surface area contributed by atoms with Crippen molar-refractivity contribution in [3.05, 3.63) is 0 Å². The summed E-state index contributed by atoms with van der Waals surface area (Å²) in [6.45, 7) is 17.9. The van der Waals surface area contributed by atoms with E-state index in [9.17, 15) is 0 Å². The molecule has 0 bridgehead atoms. The van der Waals surface area contributed by atoms with Crippen LogP contribution in [0.1, 0.15) is 73.6 Å². The smallest absolute Gasteiger partial charge is 0.0329 e. The Morgan fingerprint density at radius 1 is 1.05 bits per heavy atom. The van der Waals surface area contributed by atoms with E-state index >= 15 is 0 Å². The van der Waals surface area contributed by atoms with Gasteiger partial charge < -0.3 is 5.32 Å². The number of piperazine rings is 1. The van der Waals surface area contributed by atoms with Crippen LogP contribution >= 0.6 is 0 Å². The fourth-order valence-electron chi connectivity index (χ4n) is 3.67. The third-order valence-corrected chi connectivity index (χ3v) is 6.06. The summed E-state index contributed by atoms with van der Waals surface area (Å²) in [5.41, 5.74) is 0.395. The Morgan fingerprint density at radius 2 is 1.65 bits per heavy atom. The topological polar surface area (TPSA) is 15.3 Å². The maximum Gasteiger partial charge on any atom is 0.0329 e. The molecule has 2 unspecified atom stereocenters. The zero-order valence-electron chi connectivity index (χ0n) is 14.8. The van der Waals surface area contributed by atoms with Gasteiger partial charge in [-0.2, -0.15) is 0 Å². The predicted molar refractivity (Wildman–Crippen MR) is 90.2 cm³/mol. The van der Waals surface area contributed by atoms with Crippen LogP contribution < -0.4 is 5.32 Å². The van der Waals surface area contributed by atoms with Gasteiger partial charge in [0.15, 0.2) is 0 Å². The van der Waals surface area contributed by atoms with Crippen LogP contribution in [-0.4, -0.2) is 36.1 Å². The molecule has 0 amide bonds. The largest absolute Gasteiger partial charge is 0.311 e. The van der Waals surface area contributed by atoms with Crippen molar-refractivity contribution in [3.63, 3.8) is 0 Å². The van der Waals surface area contributed by atoms with Gasteiger partial charge in [-0.1, -0.05) is 60.8 Å². The van der Waals surface area contributed by atoms with Gasteiger partial charge in [0, 0.05) is 31.2 Å². The Morgan fingerprint density at radius 3 is 2.10 bits per heavy atom. The SMILES string of the molecule is CCC(CC)CN1CC(C(C)CC)NCC1(CC)CC. The van der Waals surface area contributed by atoms with E-state index in [0.29, 0.717) is 11.6 Å². The Hall–Kier alpha value is -0.0800. The lowest BCUT2D eigenvalue weighted by molar-refractivity contribution is 0.00755. The van der Waals surface area contributed by atoms with Gasteiger partial charge in [-0.05, 0) is 24.7 Å². The number of rotatable bonds is 8. The lowest BCUT2D eigenvalue weighted by Crippen LogP contribution is -2.66. The molecule has 1 heterocycles. The Balaban J connectivity index is 2.82. The lowest BCUT2D eigenvalue weighted by atomic mass is 9.83. The van der Waals surface area contributed by atoms with Crippen molar-refractivity contribution in [2.75, 3.05) is 19.6 Å². The van der Waals surface area contributed by atoms with E-state index in [4.69, 9.17) is 0 Å². The van der Waals surface area contributed by atoms with Gasteiger partial charge in [0.25, 0.3) is 0 Å². The normalized spacial score (nSPS) is 25.1. The molecule has 20 heavy (non-hydrogen) atoms. The van der Waals surface area contributed by atoms with Crippen LogP contribution in [0.2, 0.25) is 0 Å². The Labute approximate surface area is 127 Å². The first-order valence-electron chi connectivity index (χ1n) is 9.05. The molecular weight excluding hydrogens is 244 g/mol. The van der Waals surface area contributed by atoms with Gasteiger partial charge in [-0.25, -0.2) is 0 Å². The minimum Gasteiger partial charge on any atom is -0.311 e. The first kappa shape index (κ1) is 18.0. The minimum atomic E-state index is 0.395. The van der Waals surface area contributed by atoms with Crippen LogP contribution in [0.25, 0.3) is 0 Å². The van der Waals surface area contributed by atoms with Crippen LogP contribution in [0, 0.1) is 11.8 Å². The van der Waals surface area contributed by atoms with Crippen molar-refractivity contribution in [2.45, 2.75) is 85.2 Å². The molecule has 1 aliphatic heterocycles. The molecule has 0 aromatic rings. The van der Waals surface area contributed by atoms with Crippen molar-refractivity contribution in [1.82, 2.24) is 10.2 Å². The zero-order valence-corrected chi connectivity index (χ0v) is 14.8. The van der Waals surface area contributed by atoms with Crippen molar-refractivity contribution in [2.24, 2.45) is 11.8 Å².